The van der Waals surface area contributed by atoms with Crippen molar-refractivity contribution >= 4 is 22.7 Å². The molecule has 8 nitrogen and oxygen atoms in total. The number of aryl methyl sites for hydroxylation is 1. The van der Waals surface area contributed by atoms with Crippen LogP contribution in [0.25, 0.3) is 21.9 Å². The average Bonchev–Trinajstić information content (AvgIpc) is 3.28. The van der Waals surface area contributed by atoms with Crippen molar-refractivity contribution < 1.29 is 19.4 Å². The summed E-state index contributed by atoms with van der Waals surface area (Å²) in [5.41, 5.74) is 2.11. The predicted molar refractivity (Wildman–Crippen MR) is 123 cm³/mol. The average molecular weight is 442 g/mol. The number of hydrogen-bond donors (Lipinski definition) is 3. The van der Waals surface area contributed by atoms with E-state index in [9.17, 15) is 14.7 Å². The van der Waals surface area contributed by atoms with Gasteiger partial charge in [-0.3, -0.25) is 15.1 Å². The van der Waals surface area contributed by atoms with Crippen LogP contribution in [0, 0.1) is 6.92 Å². The van der Waals surface area contributed by atoms with Crippen molar-refractivity contribution in [1.29, 1.82) is 0 Å². The van der Waals surface area contributed by atoms with Crippen molar-refractivity contribution in [2.24, 2.45) is 0 Å². The van der Waals surface area contributed by atoms with Crippen LogP contribution in [0.4, 0.5) is 4.79 Å². The third-order valence-electron chi connectivity index (χ3n) is 6.03. The fourth-order valence-electron chi connectivity index (χ4n) is 4.30. The molecule has 8 heteroatoms. The maximum Gasteiger partial charge on any atom is 0.322 e. The maximum absolute atomic E-state index is 13.0. The Morgan fingerprint density at radius 1 is 1.06 bits per heavy atom. The van der Waals surface area contributed by atoms with Gasteiger partial charge in [0.05, 0.1) is 13.7 Å². The van der Waals surface area contributed by atoms with E-state index in [-0.39, 0.29) is 12.4 Å². The molecule has 2 aromatic heterocycles. The summed E-state index contributed by atoms with van der Waals surface area (Å²) in [6, 6.07) is 16.1. The number of hydrogen-bond acceptors (Lipinski definition) is 5. The first-order valence-corrected chi connectivity index (χ1v) is 10.4. The lowest BCUT2D eigenvalue weighted by Gasteiger charge is -2.27. The molecular formula is C25H22N4O4. The Balaban J connectivity index is 1.56. The lowest BCUT2D eigenvalue weighted by Crippen LogP contribution is -2.47. The van der Waals surface area contributed by atoms with Crippen LogP contribution in [0.3, 0.4) is 0 Å². The number of rotatable bonds is 5. The second kappa shape index (κ2) is 7.67. The Labute approximate surface area is 189 Å². The van der Waals surface area contributed by atoms with E-state index >= 15 is 0 Å². The SMILES string of the molecule is COc1ccc2cn(C[C@@]3(c4ccc(-c5ccnc(C)c5)cc4)NC(=O)NC3=O)c(O)c2c1. The normalized spacial score (nSPS) is 17.8. The van der Waals surface area contributed by atoms with Crippen LogP contribution < -0.4 is 15.4 Å². The highest BCUT2D eigenvalue weighted by Crippen LogP contribution is 2.35. The van der Waals surface area contributed by atoms with Crippen molar-refractivity contribution in [3.05, 3.63) is 78.2 Å². The van der Waals surface area contributed by atoms with E-state index in [0.29, 0.717) is 16.7 Å². The summed E-state index contributed by atoms with van der Waals surface area (Å²) < 4.78 is 6.81. The van der Waals surface area contributed by atoms with Crippen LogP contribution in [-0.2, 0) is 16.9 Å². The topological polar surface area (TPSA) is 105 Å². The molecule has 0 spiro atoms. The molecule has 1 fully saturated rings. The summed E-state index contributed by atoms with van der Waals surface area (Å²) in [6.07, 6.45) is 3.50. The maximum atomic E-state index is 13.0. The third-order valence-corrected chi connectivity index (χ3v) is 6.03. The number of nitrogens with one attached hydrogen (secondary N) is 2. The van der Waals surface area contributed by atoms with E-state index in [0.717, 1.165) is 22.2 Å². The number of pyridine rings is 1. The highest BCUT2D eigenvalue weighted by Gasteiger charge is 2.48. The highest BCUT2D eigenvalue weighted by atomic mass is 16.5. The Morgan fingerprint density at radius 3 is 2.52 bits per heavy atom. The van der Waals surface area contributed by atoms with Gasteiger partial charge in [0.25, 0.3) is 5.91 Å². The number of amides is 3. The van der Waals surface area contributed by atoms with Crippen LogP contribution in [0.2, 0.25) is 0 Å². The van der Waals surface area contributed by atoms with Gasteiger partial charge in [-0.25, -0.2) is 4.79 Å². The first-order valence-electron chi connectivity index (χ1n) is 10.4. The molecule has 0 saturated carbocycles. The Bertz CT molecular complexity index is 1390. The molecular weight excluding hydrogens is 420 g/mol. The van der Waals surface area contributed by atoms with Crippen molar-refractivity contribution in [2.75, 3.05) is 7.11 Å². The van der Waals surface area contributed by atoms with Gasteiger partial charge in [-0.1, -0.05) is 24.3 Å². The Morgan fingerprint density at radius 2 is 1.85 bits per heavy atom. The summed E-state index contributed by atoms with van der Waals surface area (Å²) in [5.74, 6) is 0.120. The number of nitrogens with zero attached hydrogens (tertiary/aromatic N) is 2. The molecule has 0 radical (unpaired) electrons. The molecule has 3 amide bonds. The van der Waals surface area contributed by atoms with Crippen molar-refractivity contribution in [1.82, 2.24) is 20.2 Å². The second-order valence-corrected chi connectivity index (χ2v) is 8.11. The quantitative estimate of drug-likeness (QED) is 0.411. The number of carbonyl (C=O) groups excluding carboxylic acids is 2. The van der Waals surface area contributed by atoms with E-state index in [2.05, 4.69) is 15.6 Å². The summed E-state index contributed by atoms with van der Waals surface area (Å²) in [6.45, 7) is 1.94. The number of carbonyl (C=O) groups is 2. The van der Waals surface area contributed by atoms with Gasteiger partial charge in [0.15, 0.2) is 11.4 Å². The van der Waals surface area contributed by atoms with Gasteiger partial charge in [-0.05, 0) is 53.9 Å². The van der Waals surface area contributed by atoms with E-state index in [1.807, 2.05) is 49.4 Å². The predicted octanol–water partition coefficient (Wildman–Crippen LogP) is 3.46. The molecule has 1 aliphatic rings. The summed E-state index contributed by atoms with van der Waals surface area (Å²) in [5, 5.41) is 17.4. The molecule has 1 aliphatic heterocycles. The van der Waals surface area contributed by atoms with Crippen LogP contribution in [0.15, 0.2) is 67.0 Å². The summed E-state index contributed by atoms with van der Waals surface area (Å²) in [7, 11) is 1.56. The van der Waals surface area contributed by atoms with E-state index in [1.54, 1.807) is 36.2 Å². The zero-order chi connectivity index (χ0) is 23.2. The molecule has 1 saturated heterocycles. The van der Waals surface area contributed by atoms with E-state index in [4.69, 9.17) is 4.74 Å². The summed E-state index contributed by atoms with van der Waals surface area (Å²) in [4.78, 5) is 29.4. The van der Waals surface area contributed by atoms with Crippen molar-refractivity contribution in [3.63, 3.8) is 0 Å². The van der Waals surface area contributed by atoms with Gasteiger partial charge in [0, 0.05) is 28.9 Å². The van der Waals surface area contributed by atoms with Crippen LogP contribution in [0.5, 0.6) is 11.6 Å². The number of urea groups is 1. The van der Waals surface area contributed by atoms with E-state index < -0.39 is 17.5 Å². The Hall–Kier alpha value is -4.33. The van der Waals surface area contributed by atoms with Gasteiger partial charge >= 0.3 is 6.03 Å². The number of benzene rings is 2. The molecule has 33 heavy (non-hydrogen) atoms. The van der Waals surface area contributed by atoms with Crippen LogP contribution in [0.1, 0.15) is 11.3 Å². The first kappa shape index (κ1) is 20.6. The number of aromatic hydroxyl groups is 1. The fraction of sp³-hybridized carbons (Fsp3) is 0.160. The summed E-state index contributed by atoms with van der Waals surface area (Å²) >= 11 is 0. The van der Waals surface area contributed by atoms with Gasteiger partial charge < -0.3 is 19.7 Å². The van der Waals surface area contributed by atoms with Gasteiger partial charge in [0.1, 0.15) is 5.75 Å². The molecule has 1 atom stereocenters. The first-order chi connectivity index (χ1) is 15.9. The molecule has 0 bridgehead atoms. The monoisotopic (exact) mass is 442 g/mol. The third kappa shape index (κ3) is 3.45. The van der Waals surface area contributed by atoms with Gasteiger partial charge in [-0.2, -0.15) is 0 Å². The second-order valence-electron chi connectivity index (χ2n) is 8.11. The van der Waals surface area contributed by atoms with Crippen LogP contribution >= 0.6 is 0 Å². The lowest BCUT2D eigenvalue weighted by molar-refractivity contribution is -0.124. The molecule has 3 heterocycles. The number of methoxy groups -OCH3 is 1. The zero-order valence-electron chi connectivity index (χ0n) is 18.1. The lowest BCUT2D eigenvalue weighted by atomic mass is 9.88. The van der Waals surface area contributed by atoms with Crippen LogP contribution in [-0.4, -0.2) is 33.7 Å². The minimum absolute atomic E-state index is 0.0129. The molecule has 0 aliphatic carbocycles. The molecule has 2 aromatic carbocycles. The van der Waals surface area contributed by atoms with Gasteiger partial charge in [0.2, 0.25) is 0 Å². The number of ether oxygens (including phenoxy) is 1. The molecule has 0 unspecified atom stereocenters. The highest BCUT2D eigenvalue weighted by molar-refractivity contribution is 6.07. The van der Waals surface area contributed by atoms with E-state index in [1.165, 1.54) is 0 Å². The number of fused-ring (bicyclic) bond motifs is 1. The molecule has 166 valence electrons. The van der Waals surface area contributed by atoms with Gasteiger partial charge in [-0.15, -0.1) is 0 Å². The standard InChI is InChI=1S/C25H22N4O4/c1-15-11-17(9-10-26-15)16-3-6-19(7-4-16)25(23(31)27-24(32)28-25)14-29-13-18-5-8-20(33-2)12-21(18)22(29)30/h3-13,30H,14H2,1-2H3,(H2,27,28,31,32)/t25-/m0/s1. The molecule has 3 N–H and O–H groups in total. The zero-order valence-corrected chi connectivity index (χ0v) is 18.1. The minimum Gasteiger partial charge on any atom is -0.497 e. The smallest absolute Gasteiger partial charge is 0.322 e. The van der Waals surface area contributed by atoms with Crippen molar-refractivity contribution in [2.45, 2.75) is 19.0 Å². The number of imide groups is 1. The molecule has 4 aromatic rings. The molecule has 5 rings (SSSR count). The Kier molecular flexibility index (Phi) is 4.78. The fourth-order valence-corrected chi connectivity index (χ4v) is 4.30. The minimum atomic E-state index is -1.37. The largest absolute Gasteiger partial charge is 0.497 e. The number of aromatic nitrogens is 2. The van der Waals surface area contributed by atoms with Crippen molar-refractivity contribution in [3.8, 4) is 22.8 Å².